The fourth-order valence-corrected chi connectivity index (χ4v) is 3.32. The predicted octanol–water partition coefficient (Wildman–Crippen LogP) is 7.59. The van der Waals surface area contributed by atoms with Crippen LogP contribution in [0.5, 0.6) is 11.5 Å². The summed E-state index contributed by atoms with van der Waals surface area (Å²) >= 11 is 0. The molecule has 0 saturated carbocycles. The number of hydrogen-bond acceptors (Lipinski definition) is 8. The monoisotopic (exact) mass is 528 g/mol. The third-order valence-corrected chi connectivity index (χ3v) is 5.51. The van der Waals surface area contributed by atoms with E-state index in [2.05, 4.69) is 20.8 Å². The second-order valence-electron chi connectivity index (χ2n) is 8.75. The third kappa shape index (κ3) is 12.4. The number of unbranched alkanes of at least 4 members (excludes halogenated alkanes) is 6. The van der Waals surface area contributed by atoms with Gasteiger partial charge in [-0.15, -0.1) is 9.78 Å². The second-order valence-corrected chi connectivity index (χ2v) is 8.75. The highest BCUT2D eigenvalue weighted by Crippen LogP contribution is 2.19. The lowest BCUT2D eigenvalue weighted by Crippen LogP contribution is -2.16. The van der Waals surface area contributed by atoms with Gasteiger partial charge in [0.25, 0.3) is 0 Å². The van der Waals surface area contributed by atoms with Crippen LogP contribution in [-0.4, -0.2) is 25.2 Å². The number of rotatable bonds is 20. The average molecular weight is 529 g/mol. The maximum Gasteiger partial charge on any atom is 0.373 e. The predicted molar refractivity (Wildman–Crippen MR) is 143 cm³/mol. The highest BCUT2D eigenvalue weighted by molar-refractivity contribution is 5.89. The Bertz CT molecular complexity index is 837. The van der Waals surface area contributed by atoms with Crippen LogP contribution in [-0.2, 0) is 19.6 Å². The molecule has 0 aromatic heterocycles. The molecule has 0 heterocycles. The van der Waals surface area contributed by atoms with Gasteiger partial charge in [0.05, 0.1) is 24.3 Å². The van der Waals surface area contributed by atoms with Crippen LogP contribution in [0.15, 0.2) is 48.5 Å². The fraction of sp³-hybridized carbons (Fsp3) is 0.467. The minimum atomic E-state index is -0.735. The lowest BCUT2D eigenvalue weighted by Gasteiger charge is -2.13. The molecule has 0 aliphatic rings. The van der Waals surface area contributed by atoms with Gasteiger partial charge >= 0.3 is 18.2 Å². The summed E-state index contributed by atoms with van der Waals surface area (Å²) in [6, 6.07) is 13.1. The summed E-state index contributed by atoms with van der Waals surface area (Å²) in [7, 11) is 0. The highest BCUT2D eigenvalue weighted by atomic mass is 17.3. The van der Waals surface area contributed by atoms with E-state index in [0.29, 0.717) is 31.1 Å². The van der Waals surface area contributed by atoms with E-state index < -0.39 is 11.9 Å². The molecule has 0 saturated heterocycles. The molecule has 208 valence electrons. The zero-order chi connectivity index (χ0) is 27.4. The van der Waals surface area contributed by atoms with Crippen LogP contribution in [0.25, 0.3) is 0 Å². The Morgan fingerprint density at radius 2 is 1.03 bits per heavy atom. The minimum Gasteiger partial charge on any atom is -0.494 e. The Balaban J connectivity index is 1.74. The molecule has 0 aliphatic carbocycles. The standard InChI is InChI=1S/C30H40O8/c1-4-7-9-11-22-33-26-18-14-24(15-19-26)29(31)37-35-28(13-6-3)36-38-30(32)25-16-20-27(21-17-25)34-23-12-10-8-5-2/h14-21H,3-13,22-23H2,1-2H3. The van der Waals surface area contributed by atoms with Gasteiger partial charge in [-0.3, -0.25) is 9.78 Å². The Morgan fingerprint density at radius 3 is 1.39 bits per heavy atom. The van der Waals surface area contributed by atoms with Gasteiger partial charge in [-0.2, -0.15) is 0 Å². The first-order valence-corrected chi connectivity index (χ1v) is 13.5. The van der Waals surface area contributed by atoms with E-state index in [0.717, 1.165) is 25.7 Å². The van der Waals surface area contributed by atoms with Gasteiger partial charge in [0, 0.05) is 6.42 Å². The zero-order valence-electron chi connectivity index (χ0n) is 22.6. The number of ether oxygens (including phenoxy) is 2. The van der Waals surface area contributed by atoms with Crippen molar-refractivity contribution in [2.24, 2.45) is 0 Å². The fourth-order valence-electron chi connectivity index (χ4n) is 3.32. The lowest BCUT2D eigenvalue weighted by molar-refractivity contribution is -0.363. The summed E-state index contributed by atoms with van der Waals surface area (Å²) in [4.78, 5) is 44.3. The molecule has 2 radical (unpaired) electrons. The van der Waals surface area contributed by atoms with Crippen LogP contribution in [0.1, 0.15) is 98.8 Å². The molecule has 8 heteroatoms. The van der Waals surface area contributed by atoms with Crippen LogP contribution in [0, 0.1) is 13.2 Å². The van der Waals surface area contributed by atoms with Gasteiger partial charge in [-0.1, -0.05) is 59.3 Å². The van der Waals surface area contributed by atoms with E-state index in [1.54, 1.807) is 48.5 Å². The Hall–Kier alpha value is -3.10. The summed E-state index contributed by atoms with van der Waals surface area (Å²) in [5.74, 6) is -0.127. The summed E-state index contributed by atoms with van der Waals surface area (Å²) in [5, 5.41) is 0. The molecule has 0 bridgehead atoms. The molecule has 8 nitrogen and oxygen atoms in total. The van der Waals surface area contributed by atoms with E-state index in [1.165, 1.54) is 25.7 Å². The van der Waals surface area contributed by atoms with Gasteiger partial charge < -0.3 is 9.47 Å². The van der Waals surface area contributed by atoms with Gasteiger partial charge in [-0.25, -0.2) is 9.59 Å². The van der Waals surface area contributed by atoms with Crippen molar-refractivity contribution in [2.45, 2.75) is 78.1 Å². The molecule has 38 heavy (non-hydrogen) atoms. The normalized spacial score (nSPS) is 10.8. The highest BCUT2D eigenvalue weighted by Gasteiger charge is 2.21. The van der Waals surface area contributed by atoms with Crippen molar-refractivity contribution in [2.75, 3.05) is 13.2 Å². The Morgan fingerprint density at radius 1 is 0.605 bits per heavy atom. The van der Waals surface area contributed by atoms with E-state index in [-0.39, 0.29) is 23.8 Å². The van der Waals surface area contributed by atoms with Crippen molar-refractivity contribution >= 4 is 11.9 Å². The van der Waals surface area contributed by atoms with Crippen LogP contribution in [0.4, 0.5) is 0 Å². The number of hydrogen-bond donors (Lipinski definition) is 0. The summed E-state index contributed by atoms with van der Waals surface area (Å²) in [5.41, 5.74) is 0.531. The zero-order valence-corrected chi connectivity index (χ0v) is 22.6. The molecule has 0 amide bonds. The van der Waals surface area contributed by atoms with Crippen molar-refractivity contribution in [1.82, 2.24) is 0 Å². The number of carbonyl (C=O) groups excluding carboxylic acids is 2. The Kier molecular flexibility index (Phi) is 15.6. The van der Waals surface area contributed by atoms with Gasteiger partial charge in [0.2, 0.25) is 0 Å². The van der Waals surface area contributed by atoms with E-state index in [4.69, 9.17) is 29.0 Å². The number of benzene rings is 2. The maximum absolute atomic E-state index is 12.3. The quantitative estimate of drug-likeness (QED) is 0.0986. The van der Waals surface area contributed by atoms with Crippen LogP contribution >= 0.6 is 0 Å². The van der Waals surface area contributed by atoms with E-state index in [1.807, 2.05) is 0 Å². The summed E-state index contributed by atoms with van der Waals surface area (Å²) < 4.78 is 11.3. The molecule has 0 N–H and O–H groups in total. The third-order valence-electron chi connectivity index (χ3n) is 5.51. The second kappa shape index (κ2) is 19.0. The largest absolute Gasteiger partial charge is 0.494 e. The SMILES string of the molecule is [CH2]CC[C](OOC(=O)c1ccc(OCCCCCC)cc1)OOC(=O)c1ccc(OCCCCCC)cc1. The average Bonchev–Trinajstić information content (AvgIpc) is 2.94. The lowest BCUT2D eigenvalue weighted by atomic mass is 10.2. The maximum atomic E-state index is 12.3. The molecule has 0 spiro atoms. The molecule has 2 aromatic rings. The smallest absolute Gasteiger partial charge is 0.373 e. The molecular weight excluding hydrogens is 488 g/mol. The van der Waals surface area contributed by atoms with Crippen molar-refractivity contribution in [1.29, 1.82) is 0 Å². The van der Waals surface area contributed by atoms with Crippen molar-refractivity contribution < 1.29 is 38.6 Å². The summed E-state index contributed by atoms with van der Waals surface area (Å²) in [6.45, 7) is 9.28. The van der Waals surface area contributed by atoms with Crippen molar-refractivity contribution in [3.05, 3.63) is 72.9 Å². The first kappa shape index (κ1) is 31.1. The molecule has 2 rings (SSSR count). The van der Waals surface area contributed by atoms with Gasteiger partial charge in [-0.05, 0) is 67.8 Å². The van der Waals surface area contributed by atoms with Gasteiger partial charge in [0.15, 0.2) is 0 Å². The molecule has 0 unspecified atom stereocenters. The number of carbonyl (C=O) groups is 2. The van der Waals surface area contributed by atoms with Gasteiger partial charge in [0.1, 0.15) is 11.5 Å². The molecule has 0 aliphatic heterocycles. The first-order valence-electron chi connectivity index (χ1n) is 13.5. The van der Waals surface area contributed by atoms with Crippen LogP contribution in [0.2, 0.25) is 0 Å². The Labute approximate surface area is 226 Å². The van der Waals surface area contributed by atoms with Crippen molar-refractivity contribution in [3.63, 3.8) is 0 Å². The molecule has 0 fully saturated rings. The van der Waals surface area contributed by atoms with E-state index in [9.17, 15) is 9.59 Å². The molecular formula is C30H40O8. The topological polar surface area (TPSA) is 89.5 Å². The van der Waals surface area contributed by atoms with Crippen LogP contribution < -0.4 is 9.47 Å². The molecule has 0 atom stereocenters. The van der Waals surface area contributed by atoms with Crippen LogP contribution in [0.3, 0.4) is 0 Å². The summed E-state index contributed by atoms with van der Waals surface area (Å²) in [6.07, 6.45) is 9.24. The molecule has 2 aromatic carbocycles. The van der Waals surface area contributed by atoms with E-state index >= 15 is 0 Å². The minimum absolute atomic E-state index is 0.149. The van der Waals surface area contributed by atoms with Crippen molar-refractivity contribution in [3.8, 4) is 11.5 Å². The first-order chi connectivity index (χ1) is 18.6.